The minimum atomic E-state index is -0.695. The van der Waals surface area contributed by atoms with Crippen LogP contribution in [0.25, 0.3) is 0 Å². The maximum atomic E-state index is 12.2. The molecule has 11 nitrogen and oxygen atoms in total. The molecule has 0 aromatic heterocycles. The molecule has 0 radical (unpaired) electrons. The maximum Gasteiger partial charge on any atom is 0.332 e. The van der Waals surface area contributed by atoms with Crippen LogP contribution in [-0.2, 0) is 27.3 Å². The van der Waals surface area contributed by atoms with E-state index in [4.69, 9.17) is 25.8 Å². The summed E-state index contributed by atoms with van der Waals surface area (Å²) in [5.41, 5.74) is 15.2. The molecule has 2 rings (SSSR count). The van der Waals surface area contributed by atoms with Gasteiger partial charge >= 0.3 is 5.97 Å². The molecule has 0 spiro atoms. The van der Waals surface area contributed by atoms with Gasteiger partial charge in [-0.25, -0.2) is 9.79 Å². The number of nitrogens with zero attached hydrogens (tertiary/aromatic N) is 1. The molecule has 6 N–H and O–H groups in total. The maximum absolute atomic E-state index is 12.2. The van der Waals surface area contributed by atoms with E-state index < -0.39 is 24.3 Å². The molecule has 0 unspecified atom stereocenters. The molecule has 0 heterocycles. The monoisotopic (exact) mass is 471 g/mol. The van der Waals surface area contributed by atoms with Crippen LogP contribution in [0.5, 0.6) is 11.5 Å². The number of hydroxylamine groups is 1. The van der Waals surface area contributed by atoms with E-state index in [1.54, 1.807) is 32.4 Å². The van der Waals surface area contributed by atoms with Crippen LogP contribution in [-0.4, -0.2) is 44.5 Å². The number of ether oxygens (including phenoxy) is 2. The number of hydrogen-bond acceptors (Lipinski definition) is 7. The van der Waals surface area contributed by atoms with E-state index >= 15 is 0 Å². The summed E-state index contributed by atoms with van der Waals surface area (Å²) in [6, 6.07) is 9.84. The molecule has 11 heteroatoms. The van der Waals surface area contributed by atoms with Crippen molar-refractivity contribution in [2.75, 3.05) is 20.8 Å². The van der Waals surface area contributed by atoms with Crippen molar-refractivity contribution >= 4 is 29.4 Å². The van der Waals surface area contributed by atoms with Crippen molar-refractivity contribution in [3.8, 4) is 11.5 Å². The van der Waals surface area contributed by atoms with Crippen molar-refractivity contribution in [2.24, 2.45) is 16.5 Å². The summed E-state index contributed by atoms with van der Waals surface area (Å²) in [7, 11) is 3.12. The lowest BCUT2D eigenvalue weighted by atomic mass is 9.99. The van der Waals surface area contributed by atoms with E-state index in [2.05, 4.69) is 10.3 Å². The molecular formula is C23H29N5O6. The van der Waals surface area contributed by atoms with Gasteiger partial charge in [-0.15, -0.1) is 0 Å². The number of carbonyl (C=O) groups is 3. The van der Waals surface area contributed by atoms with E-state index in [0.717, 1.165) is 11.1 Å². The van der Waals surface area contributed by atoms with Crippen LogP contribution in [0.3, 0.4) is 0 Å². The molecule has 0 aliphatic heterocycles. The minimum Gasteiger partial charge on any atom is -0.497 e. The molecular weight excluding hydrogens is 442 g/mol. The summed E-state index contributed by atoms with van der Waals surface area (Å²) >= 11 is 0. The topological polar surface area (TPSA) is 167 Å². The van der Waals surface area contributed by atoms with E-state index in [-0.39, 0.29) is 17.9 Å². The van der Waals surface area contributed by atoms with Crippen molar-refractivity contribution < 1.29 is 28.7 Å². The Labute approximate surface area is 197 Å². The first-order chi connectivity index (χ1) is 16.3. The van der Waals surface area contributed by atoms with Gasteiger partial charge < -0.3 is 31.1 Å². The first kappa shape index (κ1) is 26.0. The van der Waals surface area contributed by atoms with Gasteiger partial charge in [0.15, 0.2) is 5.96 Å². The molecule has 0 aliphatic rings. The molecule has 2 amide bonds. The van der Waals surface area contributed by atoms with Crippen molar-refractivity contribution in [3.63, 3.8) is 0 Å². The highest BCUT2D eigenvalue weighted by Gasteiger charge is 2.14. The lowest BCUT2D eigenvalue weighted by Crippen LogP contribution is -2.38. The average molecular weight is 472 g/mol. The molecule has 0 atom stereocenters. The van der Waals surface area contributed by atoms with Gasteiger partial charge in [0.2, 0.25) is 0 Å². The Bertz CT molecular complexity index is 1070. The summed E-state index contributed by atoms with van der Waals surface area (Å²) in [6.45, 7) is 1.59. The average Bonchev–Trinajstić information content (AvgIpc) is 2.83. The number of methoxy groups -OCH3 is 2. The number of hydrogen-bond donors (Lipinski definition) is 4. The molecule has 2 aromatic carbocycles. The zero-order valence-corrected chi connectivity index (χ0v) is 19.3. The van der Waals surface area contributed by atoms with Crippen LogP contribution in [0.4, 0.5) is 5.69 Å². The summed E-state index contributed by atoms with van der Waals surface area (Å²) in [5, 5.41) is 2.42. The second-order valence-electron chi connectivity index (χ2n) is 7.09. The number of nitrogens with two attached hydrogens (primary N) is 2. The third-order valence-corrected chi connectivity index (χ3v) is 4.74. The third kappa shape index (κ3) is 7.69. The Morgan fingerprint density at radius 2 is 1.82 bits per heavy atom. The van der Waals surface area contributed by atoms with Crippen molar-refractivity contribution in [1.82, 2.24) is 10.8 Å². The quantitative estimate of drug-likeness (QED) is 0.227. The van der Waals surface area contributed by atoms with Crippen LogP contribution in [0.15, 0.2) is 41.4 Å². The summed E-state index contributed by atoms with van der Waals surface area (Å²) in [5.74, 6) is -0.695. The van der Waals surface area contributed by atoms with Gasteiger partial charge in [-0.2, -0.15) is 5.48 Å². The largest absolute Gasteiger partial charge is 0.497 e. The van der Waals surface area contributed by atoms with E-state index in [0.29, 0.717) is 30.0 Å². The second-order valence-corrected chi connectivity index (χ2v) is 7.09. The van der Waals surface area contributed by atoms with Gasteiger partial charge in [0.05, 0.1) is 32.9 Å². The van der Waals surface area contributed by atoms with Gasteiger partial charge in [0.25, 0.3) is 11.8 Å². The minimum absolute atomic E-state index is 0.0214. The summed E-state index contributed by atoms with van der Waals surface area (Å²) < 4.78 is 10.7. The summed E-state index contributed by atoms with van der Waals surface area (Å²) in [6.07, 6.45) is 1.10. The third-order valence-electron chi connectivity index (χ3n) is 4.74. The number of carbonyl (C=O) groups excluding carboxylic acids is 3. The van der Waals surface area contributed by atoms with E-state index in [9.17, 15) is 14.4 Å². The Morgan fingerprint density at radius 1 is 1.06 bits per heavy atom. The molecule has 0 bridgehead atoms. The molecule has 182 valence electrons. The zero-order valence-electron chi connectivity index (χ0n) is 19.3. The van der Waals surface area contributed by atoms with Gasteiger partial charge in [-0.3, -0.25) is 9.59 Å². The molecule has 0 saturated carbocycles. The predicted molar refractivity (Wildman–Crippen MR) is 126 cm³/mol. The Morgan fingerprint density at radius 3 is 2.47 bits per heavy atom. The first-order valence-corrected chi connectivity index (χ1v) is 10.5. The smallest absolute Gasteiger partial charge is 0.332 e. The lowest BCUT2D eigenvalue weighted by Gasteiger charge is -2.14. The highest BCUT2D eigenvalue weighted by Crippen LogP contribution is 2.30. The standard InChI is InChI=1S/C23H29N5O6/c1-4-18-14(11-17(32-2)12-19(18)33-3)8-9-21(30)34-28-20(29)13-26-22(31)15-6-5-7-16(10-15)27-23(24)25/h5-7,10-12H,4,8-9,13H2,1-3H3,(H,26,31)(H,28,29)(H4,24,25,27). The van der Waals surface area contributed by atoms with Crippen LogP contribution in [0.2, 0.25) is 0 Å². The SMILES string of the molecule is CCc1c(CCC(=O)ONC(=O)CNC(=O)c2cccc(N=C(N)N)c2)cc(OC)cc1OC. The Kier molecular flexibility index (Phi) is 9.69. The number of amides is 2. The highest BCUT2D eigenvalue weighted by molar-refractivity contribution is 5.97. The fraction of sp³-hybridized carbons (Fsp3) is 0.304. The molecule has 2 aromatic rings. The van der Waals surface area contributed by atoms with Gasteiger partial charge in [0.1, 0.15) is 11.5 Å². The number of rotatable bonds is 10. The van der Waals surface area contributed by atoms with Crippen LogP contribution in [0.1, 0.15) is 34.8 Å². The fourth-order valence-electron chi connectivity index (χ4n) is 3.17. The van der Waals surface area contributed by atoms with Crippen LogP contribution < -0.4 is 31.7 Å². The predicted octanol–water partition coefficient (Wildman–Crippen LogP) is 1.11. The Balaban J connectivity index is 1.83. The van der Waals surface area contributed by atoms with Crippen molar-refractivity contribution in [1.29, 1.82) is 0 Å². The molecule has 0 aliphatic carbocycles. The molecule has 0 fully saturated rings. The number of aliphatic imine (C=N–C) groups is 1. The Hall–Kier alpha value is -4.28. The van der Waals surface area contributed by atoms with Gasteiger partial charge in [0, 0.05) is 11.6 Å². The summed E-state index contributed by atoms with van der Waals surface area (Å²) in [4.78, 5) is 44.9. The number of aryl methyl sites for hydroxylation is 1. The van der Waals surface area contributed by atoms with Crippen molar-refractivity contribution in [3.05, 3.63) is 53.1 Å². The highest BCUT2D eigenvalue weighted by atomic mass is 16.7. The molecule has 0 saturated heterocycles. The zero-order chi connectivity index (χ0) is 25.1. The number of guanidine groups is 1. The van der Waals surface area contributed by atoms with Gasteiger partial charge in [-0.05, 0) is 48.2 Å². The van der Waals surface area contributed by atoms with E-state index in [1.165, 1.54) is 12.1 Å². The van der Waals surface area contributed by atoms with Crippen LogP contribution in [0, 0.1) is 0 Å². The second kappa shape index (κ2) is 12.7. The first-order valence-electron chi connectivity index (χ1n) is 10.5. The number of nitrogens with one attached hydrogen (secondary N) is 2. The lowest BCUT2D eigenvalue weighted by molar-refractivity contribution is -0.157. The normalized spacial score (nSPS) is 10.1. The fourth-order valence-corrected chi connectivity index (χ4v) is 3.17. The molecule has 34 heavy (non-hydrogen) atoms. The number of benzene rings is 2. The van der Waals surface area contributed by atoms with E-state index in [1.807, 2.05) is 18.5 Å². The van der Waals surface area contributed by atoms with Crippen molar-refractivity contribution in [2.45, 2.75) is 26.2 Å². The van der Waals surface area contributed by atoms with Gasteiger partial charge in [-0.1, -0.05) is 13.0 Å². The van der Waals surface area contributed by atoms with Crippen LogP contribution >= 0.6 is 0 Å².